The third-order valence-corrected chi connectivity index (χ3v) is 4.33. The summed E-state index contributed by atoms with van der Waals surface area (Å²) >= 11 is 7.20. The van der Waals surface area contributed by atoms with Crippen molar-refractivity contribution in [3.63, 3.8) is 0 Å². The SMILES string of the molecule is O=C(CCSc1c(Cl)cccc1[N+](=O)[O-])Nc1ccccc1. The van der Waals surface area contributed by atoms with E-state index in [9.17, 15) is 14.9 Å². The molecule has 2 rings (SSSR count). The fraction of sp³-hybridized carbons (Fsp3) is 0.133. The highest BCUT2D eigenvalue weighted by Gasteiger charge is 2.17. The molecule has 0 bridgehead atoms. The van der Waals surface area contributed by atoms with E-state index in [-0.39, 0.29) is 18.0 Å². The van der Waals surface area contributed by atoms with Crippen LogP contribution in [0.4, 0.5) is 11.4 Å². The lowest BCUT2D eigenvalue weighted by molar-refractivity contribution is -0.387. The monoisotopic (exact) mass is 336 g/mol. The van der Waals surface area contributed by atoms with Crippen molar-refractivity contribution in [3.05, 3.63) is 63.7 Å². The van der Waals surface area contributed by atoms with E-state index in [1.54, 1.807) is 18.2 Å². The first-order valence-electron chi connectivity index (χ1n) is 6.48. The first-order valence-corrected chi connectivity index (χ1v) is 7.85. The Bertz CT molecular complexity index is 680. The van der Waals surface area contributed by atoms with Crippen molar-refractivity contribution in [2.45, 2.75) is 11.3 Å². The zero-order valence-corrected chi connectivity index (χ0v) is 13.1. The van der Waals surface area contributed by atoms with Crippen LogP contribution < -0.4 is 5.32 Å². The lowest BCUT2D eigenvalue weighted by atomic mass is 10.3. The number of nitrogens with one attached hydrogen (secondary N) is 1. The number of amides is 1. The standard InChI is InChI=1S/C15H13ClN2O3S/c16-12-7-4-8-13(18(20)21)15(12)22-10-9-14(19)17-11-5-2-1-3-6-11/h1-8H,9-10H2,(H,17,19). The number of nitro benzene ring substituents is 1. The van der Waals surface area contributed by atoms with E-state index in [0.717, 1.165) is 5.69 Å². The Balaban J connectivity index is 1.91. The van der Waals surface area contributed by atoms with Crippen molar-refractivity contribution in [3.8, 4) is 0 Å². The Hall–Kier alpha value is -2.05. The number of benzene rings is 2. The highest BCUT2D eigenvalue weighted by molar-refractivity contribution is 7.99. The normalized spacial score (nSPS) is 10.2. The Morgan fingerprint density at radius 2 is 1.91 bits per heavy atom. The fourth-order valence-corrected chi connectivity index (χ4v) is 3.10. The average Bonchev–Trinajstić information content (AvgIpc) is 2.49. The third kappa shape index (κ3) is 4.47. The number of rotatable bonds is 6. The molecule has 22 heavy (non-hydrogen) atoms. The van der Waals surface area contributed by atoms with Crippen molar-refractivity contribution in [2.75, 3.05) is 11.1 Å². The highest BCUT2D eigenvalue weighted by Crippen LogP contribution is 2.35. The minimum Gasteiger partial charge on any atom is -0.326 e. The molecule has 0 unspecified atom stereocenters. The second-order valence-corrected chi connectivity index (χ2v) is 5.87. The summed E-state index contributed by atoms with van der Waals surface area (Å²) in [5.41, 5.74) is 0.683. The van der Waals surface area contributed by atoms with E-state index in [4.69, 9.17) is 11.6 Å². The summed E-state index contributed by atoms with van der Waals surface area (Å²) < 4.78 is 0. The molecule has 0 heterocycles. The largest absolute Gasteiger partial charge is 0.326 e. The number of hydrogen-bond donors (Lipinski definition) is 1. The molecule has 5 nitrogen and oxygen atoms in total. The lowest BCUT2D eigenvalue weighted by Gasteiger charge is -2.06. The van der Waals surface area contributed by atoms with Gasteiger partial charge in [0.05, 0.1) is 9.95 Å². The van der Waals surface area contributed by atoms with Gasteiger partial charge in [-0.3, -0.25) is 14.9 Å². The molecule has 114 valence electrons. The molecule has 0 spiro atoms. The van der Waals surface area contributed by atoms with Crippen LogP contribution in [0.15, 0.2) is 53.4 Å². The van der Waals surface area contributed by atoms with Gasteiger partial charge in [0.15, 0.2) is 0 Å². The molecule has 0 aromatic heterocycles. The summed E-state index contributed by atoms with van der Waals surface area (Å²) in [6, 6.07) is 13.6. The molecule has 0 aliphatic carbocycles. The molecule has 0 aliphatic heterocycles. The maximum Gasteiger partial charge on any atom is 0.284 e. The molecule has 0 radical (unpaired) electrons. The average molecular weight is 337 g/mol. The van der Waals surface area contributed by atoms with Crippen LogP contribution in [0.2, 0.25) is 5.02 Å². The Morgan fingerprint density at radius 3 is 2.59 bits per heavy atom. The molecular formula is C15H13ClN2O3S. The van der Waals surface area contributed by atoms with Crippen LogP contribution in [-0.4, -0.2) is 16.6 Å². The summed E-state index contributed by atoms with van der Waals surface area (Å²) in [6.45, 7) is 0. The zero-order chi connectivity index (χ0) is 15.9. The van der Waals surface area contributed by atoms with E-state index in [1.165, 1.54) is 23.9 Å². The van der Waals surface area contributed by atoms with Crippen molar-refractivity contribution >= 4 is 40.6 Å². The molecule has 0 atom stereocenters. The number of carbonyl (C=O) groups is 1. The second kappa shape index (κ2) is 7.82. The second-order valence-electron chi connectivity index (χ2n) is 4.36. The first-order chi connectivity index (χ1) is 10.6. The van der Waals surface area contributed by atoms with Gasteiger partial charge in [-0.15, -0.1) is 11.8 Å². The highest BCUT2D eigenvalue weighted by atomic mass is 35.5. The van der Waals surface area contributed by atoms with Gasteiger partial charge < -0.3 is 5.32 Å². The molecule has 1 N–H and O–H groups in total. The summed E-state index contributed by atoms with van der Waals surface area (Å²) in [5.74, 6) is 0.261. The van der Waals surface area contributed by atoms with Gasteiger partial charge in [-0.2, -0.15) is 0 Å². The van der Waals surface area contributed by atoms with Gasteiger partial charge in [-0.1, -0.05) is 35.9 Å². The van der Waals surface area contributed by atoms with Crippen molar-refractivity contribution in [1.82, 2.24) is 0 Å². The van der Waals surface area contributed by atoms with Gasteiger partial charge in [0.2, 0.25) is 5.91 Å². The third-order valence-electron chi connectivity index (χ3n) is 2.78. The van der Waals surface area contributed by atoms with Gasteiger partial charge >= 0.3 is 0 Å². The number of anilines is 1. The number of para-hydroxylation sites is 1. The van der Waals surface area contributed by atoms with Crippen LogP contribution in [-0.2, 0) is 4.79 Å². The first kappa shape index (κ1) is 16.3. The summed E-state index contributed by atoms with van der Waals surface area (Å²) in [7, 11) is 0. The van der Waals surface area contributed by atoms with Gasteiger partial charge in [-0.05, 0) is 18.2 Å². The van der Waals surface area contributed by atoms with Crippen LogP contribution in [0.3, 0.4) is 0 Å². The molecular weight excluding hydrogens is 324 g/mol. The van der Waals surface area contributed by atoms with E-state index in [2.05, 4.69) is 5.32 Å². The fourth-order valence-electron chi connectivity index (χ4n) is 1.77. The molecule has 0 saturated carbocycles. The topological polar surface area (TPSA) is 72.2 Å². The van der Waals surface area contributed by atoms with Gasteiger partial charge in [0, 0.05) is 23.9 Å². The molecule has 7 heteroatoms. The predicted octanol–water partition coefficient (Wildman–Crippen LogP) is 4.37. The number of halogens is 1. The van der Waals surface area contributed by atoms with Crippen LogP contribution in [0, 0.1) is 10.1 Å². The summed E-state index contributed by atoms with van der Waals surface area (Å²) in [6.07, 6.45) is 0.238. The quantitative estimate of drug-likeness (QED) is 0.483. The van der Waals surface area contributed by atoms with Crippen LogP contribution in [0.5, 0.6) is 0 Å². The number of carbonyl (C=O) groups excluding carboxylic acids is 1. The number of nitro groups is 1. The van der Waals surface area contributed by atoms with E-state index < -0.39 is 4.92 Å². The number of hydrogen-bond acceptors (Lipinski definition) is 4. The Morgan fingerprint density at radius 1 is 1.18 bits per heavy atom. The molecule has 0 fully saturated rings. The van der Waals surface area contributed by atoms with Crippen LogP contribution >= 0.6 is 23.4 Å². The van der Waals surface area contributed by atoms with E-state index in [0.29, 0.717) is 15.7 Å². The van der Waals surface area contributed by atoms with Crippen molar-refractivity contribution in [2.24, 2.45) is 0 Å². The Kier molecular flexibility index (Phi) is 5.80. The van der Waals surface area contributed by atoms with Crippen molar-refractivity contribution < 1.29 is 9.72 Å². The zero-order valence-electron chi connectivity index (χ0n) is 11.5. The van der Waals surface area contributed by atoms with Crippen molar-refractivity contribution in [1.29, 1.82) is 0 Å². The summed E-state index contributed by atoms with van der Waals surface area (Å²) in [5, 5.41) is 14.0. The molecule has 2 aromatic rings. The van der Waals surface area contributed by atoms with Crippen LogP contribution in [0.1, 0.15) is 6.42 Å². The predicted molar refractivity (Wildman–Crippen MR) is 88.5 cm³/mol. The van der Waals surface area contributed by atoms with E-state index in [1.807, 2.05) is 18.2 Å². The lowest BCUT2D eigenvalue weighted by Crippen LogP contribution is -2.12. The Labute approximate surface area is 136 Å². The molecule has 0 saturated heterocycles. The molecule has 2 aromatic carbocycles. The summed E-state index contributed by atoms with van der Waals surface area (Å²) in [4.78, 5) is 22.7. The maximum atomic E-state index is 11.8. The molecule has 1 amide bonds. The maximum absolute atomic E-state index is 11.8. The van der Waals surface area contributed by atoms with Gasteiger partial charge in [0.25, 0.3) is 5.69 Å². The minimum atomic E-state index is -0.474. The molecule has 0 aliphatic rings. The smallest absolute Gasteiger partial charge is 0.284 e. The van der Waals surface area contributed by atoms with Crippen LogP contribution in [0.25, 0.3) is 0 Å². The van der Waals surface area contributed by atoms with Gasteiger partial charge in [0.1, 0.15) is 4.90 Å². The minimum absolute atomic E-state index is 0.0408. The van der Waals surface area contributed by atoms with Gasteiger partial charge in [-0.25, -0.2) is 0 Å². The number of nitrogens with zero attached hydrogens (tertiary/aromatic N) is 1. The van der Waals surface area contributed by atoms with E-state index >= 15 is 0 Å². The number of thioether (sulfide) groups is 1.